The highest BCUT2D eigenvalue weighted by atomic mass is 16.5. The molecule has 0 bridgehead atoms. The van der Waals surface area contributed by atoms with Gasteiger partial charge in [0.2, 0.25) is 0 Å². The Bertz CT molecular complexity index is 453. The second kappa shape index (κ2) is 9.82. The molecule has 124 valence electrons. The monoisotopic (exact) mass is 313 g/mol. The van der Waals surface area contributed by atoms with Gasteiger partial charge in [0.05, 0.1) is 7.11 Å². The van der Waals surface area contributed by atoms with Gasteiger partial charge in [0.25, 0.3) is 0 Å². The Kier molecular flexibility index (Phi) is 8.05. The van der Waals surface area contributed by atoms with E-state index in [1.54, 1.807) is 12.1 Å². The van der Waals surface area contributed by atoms with Gasteiger partial charge in [-0.15, -0.1) is 0 Å². The van der Waals surface area contributed by atoms with Crippen LogP contribution < -0.4 is 31.4 Å². The molecule has 0 aromatic heterocycles. The fraction of sp³-hybridized carbons (Fsp3) is 0.500. The lowest BCUT2D eigenvalue weighted by Crippen LogP contribution is -2.17. The van der Waals surface area contributed by atoms with Gasteiger partial charge in [0, 0.05) is 31.8 Å². The molecule has 0 amide bonds. The summed E-state index contributed by atoms with van der Waals surface area (Å²) in [5.41, 5.74) is 16.5. The first-order chi connectivity index (χ1) is 10.7. The second-order valence-corrected chi connectivity index (χ2v) is 4.20. The first kappa shape index (κ1) is 18.0. The summed E-state index contributed by atoms with van der Waals surface area (Å²) in [6.45, 7) is 1.75. The predicted octanol–water partition coefficient (Wildman–Crippen LogP) is -0.514. The number of nitrogens with two attached hydrogens (primary N) is 3. The van der Waals surface area contributed by atoms with E-state index in [-0.39, 0.29) is 30.3 Å². The second-order valence-electron chi connectivity index (χ2n) is 4.20. The Hall–Kier alpha value is -2.03. The Balaban J connectivity index is 3.22. The molecule has 0 aliphatic heterocycles. The van der Waals surface area contributed by atoms with E-state index < -0.39 is 5.97 Å². The molecular formula is C14H23N3O5. The Morgan fingerprint density at radius 3 is 1.77 bits per heavy atom. The summed E-state index contributed by atoms with van der Waals surface area (Å²) < 4.78 is 21.2. The molecule has 0 atom stereocenters. The number of methoxy groups -OCH3 is 1. The maximum absolute atomic E-state index is 12.0. The van der Waals surface area contributed by atoms with Gasteiger partial charge in [-0.3, -0.25) is 0 Å². The molecule has 0 heterocycles. The van der Waals surface area contributed by atoms with Crippen molar-refractivity contribution in [2.45, 2.75) is 0 Å². The van der Waals surface area contributed by atoms with Crippen LogP contribution >= 0.6 is 0 Å². The molecule has 1 aromatic rings. The van der Waals surface area contributed by atoms with E-state index in [1.165, 1.54) is 7.11 Å². The highest BCUT2D eigenvalue weighted by molar-refractivity contribution is 5.96. The lowest BCUT2D eigenvalue weighted by Gasteiger charge is -2.16. The van der Waals surface area contributed by atoms with Crippen molar-refractivity contribution >= 4 is 5.97 Å². The zero-order chi connectivity index (χ0) is 16.4. The summed E-state index contributed by atoms with van der Waals surface area (Å²) in [5.74, 6) is 0.444. The molecule has 6 N–H and O–H groups in total. The third-order valence-corrected chi connectivity index (χ3v) is 2.57. The van der Waals surface area contributed by atoms with E-state index in [1.807, 2.05) is 0 Å². The minimum atomic E-state index is -0.579. The summed E-state index contributed by atoms with van der Waals surface area (Å²) in [6, 6.07) is 3.15. The normalized spacial score (nSPS) is 10.2. The minimum absolute atomic E-state index is 0.171. The van der Waals surface area contributed by atoms with E-state index in [4.69, 9.17) is 36.1 Å². The van der Waals surface area contributed by atoms with Crippen LogP contribution in [0.2, 0.25) is 0 Å². The molecule has 8 heteroatoms. The largest absolute Gasteiger partial charge is 0.492 e. The van der Waals surface area contributed by atoms with Gasteiger partial charge in [-0.05, 0) is 0 Å². The van der Waals surface area contributed by atoms with E-state index in [9.17, 15) is 4.79 Å². The average Bonchev–Trinajstić information content (AvgIpc) is 2.55. The van der Waals surface area contributed by atoms with Crippen molar-refractivity contribution in [2.75, 3.05) is 46.6 Å². The van der Waals surface area contributed by atoms with Crippen LogP contribution in [-0.2, 0) is 4.74 Å². The topological polar surface area (TPSA) is 132 Å². The molecule has 22 heavy (non-hydrogen) atoms. The fourth-order valence-corrected chi connectivity index (χ4v) is 1.69. The highest BCUT2D eigenvalue weighted by Gasteiger charge is 2.22. The van der Waals surface area contributed by atoms with E-state index in [0.717, 1.165) is 0 Å². The quantitative estimate of drug-likeness (QED) is 0.492. The molecular weight excluding hydrogens is 290 g/mol. The number of ether oxygens (including phenoxy) is 4. The first-order valence-corrected chi connectivity index (χ1v) is 6.92. The maximum Gasteiger partial charge on any atom is 0.345 e. The van der Waals surface area contributed by atoms with E-state index in [0.29, 0.717) is 32.0 Å². The fourth-order valence-electron chi connectivity index (χ4n) is 1.69. The van der Waals surface area contributed by atoms with Crippen LogP contribution in [0, 0.1) is 0 Å². The third-order valence-electron chi connectivity index (χ3n) is 2.57. The van der Waals surface area contributed by atoms with Gasteiger partial charge in [-0.2, -0.15) is 0 Å². The van der Waals surface area contributed by atoms with Crippen molar-refractivity contribution in [3.63, 3.8) is 0 Å². The van der Waals surface area contributed by atoms with Crippen molar-refractivity contribution in [1.29, 1.82) is 0 Å². The molecule has 0 fully saturated rings. The molecule has 0 saturated heterocycles. The van der Waals surface area contributed by atoms with Crippen LogP contribution in [0.4, 0.5) is 0 Å². The summed E-state index contributed by atoms with van der Waals surface area (Å²) in [6.07, 6.45) is 0. The Morgan fingerprint density at radius 1 is 0.909 bits per heavy atom. The number of esters is 1. The molecule has 0 saturated carbocycles. The summed E-state index contributed by atoms with van der Waals surface area (Å²) >= 11 is 0. The van der Waals surface area contributed by atoms with Gasteiger partial charge in [0.1, 0.15) is 42.6 Å². The lowest BCUT2D eigenvalue weighted by atomic mass is 10.1. The van der Waals surface area contributed by atoms with Crippen LogP contribution in [0.3, 0.4) is 0 Å². The minimum Gasteiger partial charge on any atom is -0.492 e. The van der Waals surface area contributed by atoms with E-state index in [2.05, 4.69) is 0 Å². The lowest BCUT2D eigenvalue weighted by molar-refractivity contribution is 0.0591. The van der Waals surface area contributed by atoms with E-state index >= 15 is 0 Å². The van der Waals surface area contributed by atoms with Crippen LogP contribution in [0.1, 0.15) is 10.4 Å². The van der Waals surface area contributed by atoms with Gasteiger partial charge in [0.15, 0.2) is 0 Å². The number of hydrogen-bond donors (Lipinski definition) is 3. The van der Waals surface area contributed by atoms with Crippen LogP contribution in [0.15, 0.2) is 12.1 Å². The van der Waals surface area contributed by atoms with Gasteiger partial charge >= 0.3 is 5.97 Å². The number of benzene rings is 1. The van der Waals surface area contributed by atoms with Crippen LogP contribution in [0.25, 0.3) is 0 Å². The van der Waals surface area contributed by atoms with Crippen molar-refractivity contribution in [3.8, 4) is 17.2 Å². The summed E-state index contributed by atoms with van der Waals surface area (Å²) in [5, 5.41) is 0. The molecule has 0 radical (unpaired) electrons. The molecule has 8 nitrogen and oxygen atoms in total. The van der Waals surface area contributed by atoms with Gasteiger partial charge in [-0.25, -0.2) is 4.79 Å². The Labute approximate surface area is 129 Å². The van der Waals surface area contributed by atoms with Crippen molar-refractivity contribution in [2.24, 2.45) is 17.2 Å². The van der Waals surface area contributed by atoms with Crippen LogP contribution in [0.5, 0.6) is 17.2 Å². The van der Waals surface area contributed by atoms with Crippen molar-refractivity contribution in [1.82, 2.24) is 0 Å². The smallest absolute Gasteiger partial charge is 0.345 e. The van der Waals surface area contributed by atoms with Crippen LogP contribution in [-0.4, -0.2) is 52.5 Å². The zero-order valence-corrected chi connectivity index (χ0v) is 12.7. The molecule has 1 rings (SSSR count). The SMILES string of the molecule is COC(=O)c1c(OCCN)cc(OCCN)cc1OCCN. The number of carbonyl (C=O) groups excluding carboxylic acids is 1. The van der Waals surface area contributed by atoms with Gasteiger partial charge in [-0.1, -0.05) is 0 Å². The zero-order valence-electron chi connectivity index (χ0n) is 12.7. The predicted molar refractivity (Wildman–Crippen MR) is 81.4 cm³/mol. The molecule has 0 unspecified atom stereocenters. The molecule has 0 spiro atoms. The average molecular weight is 313 g/mol. The third kappa shape index (κ3) is 5.06. The molecule has 0 aliphatic carbocycles. The number of rotatable bonds is 10. The summed E-state index contributed by atoms with van der Waals surface area (Å²) in [4.78, 5) is 12.0. The number of carbonyl (C=O) groups is 1. The molecule has 0 aliphatic rings. The summed E-state index contributed by atoms with van der Waals surface area (Å²) in [7, 11) is 1.28. The van der Waals surface area contributed by atoms with Gasteiger partial charge < -0.3 is 36.1 Å². The first-order valence-electron chi connectivity index (χ1n) is 6.92. The number of hydrogen-bond acceptors (Lipinski definition) is 8. The standard InChI is InChI=1S/C14H23N3O5/c1-19-14(18)13-11(21-6-3-16)8-10(20-5-2-15)9-12(13)22-7-4-17/h8-9H,2-7,15-17H2,1H3. The maximum atomic E-state index is 12.0. The highest BCUT2D eigenvalue weighted by Crippen LogP contribution is 2.35. The van der Waals surface area contributed by atoms with Crippen molar-refractivity contribution in [3.05, 3.63) is 17.7 Å². The van der Waals surface area contributed by atoms with Crippen molar-refractivity contribution < 1.29 is 23.7 Å². The Morgan fingerprint density at radius 2 is 1.36 bits per heavy atom. The molecule has 1 aromatic carbocycles.